The Morgan fingerprint density at radius 2 is 2.22 bits per heavy atom. The van der Waals surface area contributed by atoms with Gasteiger partial charge >= 0.3 is 0 Å². The molecule has 1 unspecified atom stereocenters. The van der Waals surface area contributed by atoms with Crippen molar-refractivity contribution in [2.75, 3.05) is 32.6 Å². The van der Waals surface area contributed by atoms with Gasteiger partial charge in [0.05, 0.1) is 20.3 Å². The van der Waals surface area contributed by atoms with Crippen LogP contribution in [0.2, 0.25) is 0 Å². The summed E-state index contributed by atoms with van der Waals surface area (Å²) < 4.78 is 10.8. The Bertz CT molecular complexity index is 403. The summed E-state index contributed by atoms with van der Waals surface area (Å²) in [6, 6.07) is 4.79. The minimum absolute atomic E-state index is 0.463. The van der Waals surface area contributed by atoms with E-state index < -0.39 is 0 Å². The first-order valence-corrected chi connectivity index (χ1v) is 7.28. The summed E-state index contributed by atoms with van der Waals surface area (Å²) in [5.74, 6) is 2.02. The molecule has 0 aliphatic carbocycles. The van der Waals surface area contributed by atoms with E-state index in [1.54, 1.807) is 7.11 Å². The summed E-state index contributed by atoms with van der Waals surface area (Å²) in [4.78, 5) is 1.33. The fraction of sp³-hybridized carbons (Fsp3) is 0.571. The van der Waals surface area contributed by atoms with Gasteiger partial charge in [-0.25, -0.2) is 0 Å². The van der Waals surface area contributed by atoms with E-state index in [9.17, 15) is 0 Å². The third-order valence-corrected chi connectivity index (χ3v) is 4.45. The topological polar surface area (TPSA) is 30.5 Å². The van der Waals surface area contributed by atoms with Crippen molar-refractivity contribution in [2.45, 2.75) is 24.8 Å². The summed E-state index contributed by atoms with van der Waals surface area (Å²) in [6.45, 7) is 6.84. The lowest BCUT2D eigenvalue weighted by atomic mass is 10.1. The minimum atomic E-state index is 0.463. The number of thioether (sulfide) groups is 1. The van der Waals surface area contributed by atoms with Crippen molar-refractivity contribution in [3.05, 3.63) is 23.3 Å². The minimum Gasteiger partial charge on any atom is -0.496 e. The molecule has 1 aliphatic rings. The molecule has 1 fully saturated rings. The van der Waals surface area contributed by atoms with Crippen LogP contribution in [0.4, 0.5) is 0 Å². The Morgan fingerprint density at radius 3 is 2.89 bits per heavy atom. The number of benzene rings is 1. The Labute approximate surface area is 113 Å². The van der Waals surface area contributed by atoms with Crippen molar-refractivity contribution in [1.82, 2.24) is 5.32 Å². The van der Waals surface area contributed by atoms with Crippen molar-refractivity contribution in [2.24, 2.45) is 0 Å². The lowest BCUT2D eigenvalue weighted by molar-refractivity contribution is 0.0837. The zero-order valence-corrected chi connectivity index (χ0v) is 12.1. The smallest absolute Gasteiger partial charge is 0.122 e. The SMILES string of the molecule is COc1cc(C)c(SCC2COCCN2)cc1C. The molecule has 0 aromatic heterocycles. The molecule has 100 valence electrons. The second-order valence-corrected chi connectivity index (χ2v) is 5.69. The molecule has 1 N–H and O–H groups in total. The van der Waals surface area contributed by atoms with Crippen molar-refractivity contribution in [1.29, 1.82) is 0 Å². The lowest BCUT2D eigenvalue weighted by Crippen LogP contribution is -2.42. The molecule has 0 saturated carbocycles. The molecule has 1 saturated heterocycles. The second-order valence-electron chi connectivity index (χ2n) is 4.62. The van der Waals surface area contributed by atoms with Gasteiger partial charge in [0.15, 0.2) is 0 Å². The molecule has 1 aromatic carbocycles. The van der Waals surface area contributed by atoms with Crippen molar-refractivity contribution >= 4 is 11.8 Å². The van der Waals surface area contributed by atoms with Crippen molar-refractivity contribution in [3.63, 3.8) is 0 Å². The summed E-state index contributed by atoms with van der Waals surface area (Å²) in [6.07, 6.45) is 0. The molecule has 0 bridgehead atoms. The van der Waals surface area contributed by atoms with Gasteiger partial charge in [0.1, 0.15) is 5.75 Å². The molecule has 1 aliphatic heterocycles. The summed E-state index contributed by atoms with van der Waals surface area (Å²) in [5.41, 5.74) is 2.47. The number of rotatable bonds is 4. The molecule has 4 heteroatoms. The Morgan fingerprint density at radius 1 is 1.39 bits per heavy atom. The number of ether oxygens (including phenoxy) is 2. The van der Waals surface area contributed by atoms with E-state index in [1.807, 2.05) is 11.8 Å². The lowest BCUT2D eigenvalue weighted by Gasteiger charge is -2.23. The average molecular weight is 267 g/mol. The largest absolute Gasteiger partial charge is 0.496 e. The number of hydrogen-bond acceptors (Lipinski definition) is 4. The molecule has 0 spiro atoms. The molecule has 18 heavy (non-hydrogen) atoms. The number of aryl methyl sites for hydroxylation is 2. The van der Waals surface area contributed by atoms with Gasteiger partial charge in [0.2, 0.25) is 0 Å². The quantitative estimate of drug-likeness (QED) is 0.849. The van der Waals surface area contributed by atoms with Crippen molar-refractivity contribution in [3.8, 4) is 5.75 Å². The van der Waals surface area contributed by atoms with E-state index in [0.29, 0.717) is 6.04 Å². The Kier molecular flexibility index (Phi) is 4.92. The van der Waals surface area contributed by atoms with E-state index in [0.717, 1.165) is 31.3 Å². The maximum absolute atomic E-state index is 5.47. The summed E-state index contributed by atoms with van der Waals surface area (Å²) in [7, 11) is 1.72. The summed E-state index contributed by atoms with van der Waals surface area (Å²) in [5, 5.41) is 3.48. The highest BCUT2D eigenvalue weighted by molar-refractivity contribution is 7.99. The van der Waals surface area contributed by atoms with Crippen LogP contribution in [0.5, 0.6) is 5.75 Å². The van der Waals surface area contributed by atoms with E-state index in [4.69, 9.17) is 9.47 Å². The average Bonchev–Trinajstić information content (AvgIpc) is 2.40. The molecule has 0 radical (unpaired) electrons. The number of morpholine rings is 1. The molecule has 3 nitrogen and oxygen atoms in total. The van der Waals surface area contributed by atoms with Crippen LogP contribution in [0.15, 0.2) is 17.0 Å². The highest BCUT2D eigenvalue weighted by Gasteiger charge is 2.14. The maximum atomic E-state index is 5.47. The van der Waals surface area contributed by atoms with Crippen LogP contribution in [0.25, 0.3) is 0 Å². The molecular weight excluding hydrogens is 246 g/mol. The first kappa shape index (κ1) is 13.7. The van der Waals surface area contributed by atoms with Crippen LogP contribution in [-0.4, -0.2) is 38.7 Å². The fourth-order valence-electron chi connectivity index (χ4n) is 2.06. The predicted octanol–water partition coefficient (Wildman–Crippen LogP) is 2.39. The van der Waals surface area contributed by atoms with Gasteiger partial charge in [-0.05, 0) is 37.1 Å². The molecule has 2 rings (SSSR count). The first-order chi connectivity index (χ1) is 8.70. The predicted molar refractivity (Wildman–Crippen MR) is 75.8 cm³/mol. The van der Waals surface area contributed by atoms with Crippen molar-refractivity contribution < 1.29 is 9.47 Å². The summed E-state index contributed by atoms with van der Waals surface area (Å²) >= 11 is 1.89. The maximum Gasteiger partial charge on any atom is 0.122 e. The van der Waals surface area contributed by atoms with Gasteiger partial charge in [0.25, 0.3) is 0 Å². The highest BCUT2D eigenvalue weighted by Crippen LogP contribution is 2.29. The van der Waals surface area contributed by atoms with Gasteiger partial charge in [-0.2, -0.15) is 0 Å². The molecule has 0 amide bonds. The normalized spacial score (nSPS) is 19.8. The molecule has 1 heterocycles. The van der Waals surface area contributed by atoms with Gasteiger partial charge in [-0.3, -0.25) is 0 Å². The third-order valence-electron chi connectivity index (χ3n) is 3.13. The van der Waals surface area contributed by atoms with E-state index in [-0.39, 0.29) is 0 Å². The van der Waals surface area contributed by atoms with Crippen LogP contribution < -0.4 is 10.1 Å². The molecular formula is C14H21NO2S. The number of hydrogen-bond donors (Lipinski definition) is 1. The first-order valence-electron chi connectivity index (χ1n) is 6.30. The van der Waals surface area contributed by atoms with Gasteiger partial charge in [0, 0.05) is 23.2 Å². The van der Waals surface area contributed by atoms with Gasteiger partial charge in [-0.15, -0.1) is 11.8 Å². The van der Waals surface area contributed by atoms with Crippen LogP contribution in [0.1, 0.15) is 11.1 Å². The van der Waals surface area contributed by atoms with Crippen LogP contribution in [0.3, 0.4) is 0 Å². The van der Waals surface area contributed by atoms with E-state index in [2.05, 4.69) is 31.3 Å². The van der Waals surface area contributed by atoms with E-state index >= 15 is 0 Å². The Hall–Kier alpha value is -0.710. The highest BCUT2D eigenvalue weighted by atomic mass is 32.2. The van der Waals surface area contributed by atoms with Crippen LogP contribution in [-0.2, 0) is 4.74 Å². The number of methoxy groups -OCH3 is 1. The molecule has 1 atom stereocenters. The zero-order valence-electron chi connectivity index (χ0n) is 11.3. The van der Waals surface area contributed by atoms with Crippen LogP contribution >= 0.6 is 11.8 Å². The van der Waals surface area contributed by atoms with Gasteiger partial charge < -0.3 is 14.8 Å². The molecule has 1 aromatic rings. The second kappa shape index (κ2) is 6.45. The number of nitrogens with one attached hydrogen (secondary N) is 1. The monoisotopic (exact) mass is 267 g/mol. The van der Waals surface area contributed by atoms with Gasteiger partial charge in [-0.1, -0.05) is 0 Å². The zero-order chi connectivity index (χ0) is 13.0. The standard InChI is InChI=1S/C14H21NO2S/c1-10-7-14(11(2)6-13(10)16-3)18-9-12-8-17-5-4-15-12/h6-7,12,15H,4-5,8-9H2,1-3H3. The van der Waals surface area contributed by atoms with E-state index in [1.165, 1.54) is 16.0 Å². The van der Waals surface area contributed by atoms with Crippen LogP contribution in [0, 0.1) is 13.8 Å². The third kappa shape index (κ3) is 3.40. The Balaban J connectivity index is 1.98. The fourth-order valence-corrected chi connectivity index (χ4v) is 3.20.